The second kappa shape index (κ2) is 10.0. The third-order valence-corrected chi connectivity index (χ3v) is 1.74. The maximum atomic E-state index is 11.0. The first-order chi connectivity index (χ1) is 10.2. The Morgan fingerprint density at radius 3 is 1.77 bits per heavy atom. The quantitative estimate of drug-likeness (QED) is 0.617. The monoisotopic (exact) mass is 311 g/mol. The van der Waals surface area contributed by atoms with E-state index in [9.17, 15) is 14.4 Å². The molecule has 1 aromatic rings. The number of carbonyl (C=O) groups is 3. The van der Waals surface area contributed by atoms with Gasteiger partial charge in [-0.05, 0) is 20.8 Å². The topological polar surface area (TPSA) is 117 Å². The third kappa shape index (κ3) is 13.7. The predicted molar refractivity (Wildman–Crippen MR) is 80.0 cm³/mol. The third-order valence-electron chi connectivity index (χ3n) is 1.74. The zero-order valence-electron chi connectivity index (χ0n) is 12.8. The summed E-state index contributed by atoms with van der Waals surface area (Å²) in [5, 5.41) is 10.2. The highest BCUT2D eigenvalue weighted by Crippen LogP contribution is 2.05. The minimum Gasteiger partial charge on any atom is -0.480 e. The molecule has 1 aromatic carbocycles. The molecule has 0 saturated carbocycles. The summed E-state index contributed by atoms with van der Waals surface area (Å²) in [7, 11) is 0. The first-order valence-electron chi connectivity index (χ1n) is 6.45. The number of hydrogen-bond acceptors (Lipinski definition) is 4. The molecule has 3 amide bonds. The van der Waals surface area contributed by atoms with Crippen LogP contribution in [0.1, 0.15) is 20.8 Å². The van der Waals surface area contributed by atoms with Gasteiger partial charge >= 0.3 is 18.1 Å². The van der Waals surface area contributed by atoms with Crippen molar-refractivity contribution in [2.24, 2.45) is 0 Å². The lowest BCUT2D eigenvalue weighted by molar-refractivity contribution is -0.135. The van der Waals surface area contributed by atoms with Crippen LogP contribution < -0.4 is 16.2 Å². The first-order valence-corrected chi connectivity index (χ1v) is 6.45. The average Bonchev–Trinajstić information content (AvgIpc) is 2.43. The summed E-state index contributed by atoms with van der Waals surface area (Å²) in [6.45, 7) is 4.45. The Hall–Kier alpha value is -2.77. The van der Waals surface area contributed by atoms with Gasteiger partial charge in [-0.25, -0.2) is 20.4 Å². The number of hydrazine groups is 1. The smallest absolute Gasteiger partial charge is 0.426 e. The molecule has 0 aliphatic rings. The summed E-state index contributed by atoms with van der Waals surface area (Å²) in [4.78, 5) is 31.9. The van der Waals surface area contributed by atoms with Crippen LogP contribution >= 0.6 is 0 Å². The summed E-state index contributed by atoms with van der Waals surface area (Å²) < 4.78 is 4.80. The number of aliphatic carboxylic acids is 1. The number of urea groups is 1. The SMILES string of the molecule is CC(C)(C)OC(=O)NNC(=O)NCC(=O)O.c1ccccc1. The summed E-state index contributed by atoms with van der Waals surface area (Å²) >= 11 is 0. The van der Waals surface area contributed by atoms with Crippen LogP contribution in [0.3, 0.4) is 0 Å². The largest absolute Gasteiger partial charge is 0.480 e. The van der Waals surface area contributed by atoms with Crippen molar-refractivity contribution in [3.63, 3.8) is 0 Å². The van der Waals surface area contributed by atoms with Crippen LogP contribution in [0.4, 0.5) is 9.59 Å². The number of ether oxygens (including phenoxy) is 1. The molecule has 0 fully saturated rings. The molecule has 0 radical (unpaired) electrons. The second-order valence-electron chi connectivity index (χ2n) is 4.98. The molecule has 4 N–H and O–H groups in total. The van der Waals surface area contributed by atoms with Gasteiger partial charge in [-0.3, -0.25) is 4.79 Å². The number of rotatable bonds is 2. The van der Waals surface area contributed by atoms with Crippen LogP contribution in [0.25, 0.3) is 0 Å². The number of benzene rings is 1. The Kier molecular flexibility index (Phi) is 8.77. The summed E-state index contributed by atoms with van der Waals surface area (Å²) in [5.41, 5.74) is 3.19. The molecule has 0 aliphatic carbocycles. The van der Waals surface area contributed by atoms with Crippen molar-refractivity contribution >= 4 is 18.1 Å². The molecule has 0 unspecified atom stereocenters. The molecule has 1 rings (SSSR count). The molecule has 0 bridgehead atoms. The molecule has 0 heterocycles. The van der Waals surface area contributed by atoms with Crippen molar-refractivity contribution in [3.8, 4) is 0 Å². The number of carbonyl (C=O) groups excluding carboxylic acids is 2. The van der Waals surface area contributed by atoms with Crippen molar-refractivity contribution in [1.82, 2.24) is 16.2 Å². The Bertz CT molecular complexity index is 444. The van der Waals surface area contributed by atoms with Crippen molar-refractivity contribution in [1.29, 1.82) is 0 Å². The van der Waals surface area contributed by atoms with Gasteiger partial charge in [-0.15, -0.1) is 0 Å². The highest BCUT2D eigenvalue weighted by atomic mass is 16.6. The fourth-order valence-corrected chi connectivity index (χ4v) is 0.996. The van der Waals surface area contributed by atoms with Crippen molar-refractivity contribution in [2.75, 3.05) is 6.54 Å². The van der Waals surface area contributed by atoms with Crippen molar-refractivity contribution in [2.45, 2.75) is 26.4 Å². The molecule has 122 valence electrons. The normalized spacial score (nSPS) is 9.59. The summed E-state index contributed by atoms with van der Waals surface area (Å²) in [6, 6.07) is 11.2. The number of hydrogen-bond donors (Lipinski definition) is 4. The van der Waals surface area contributed by atoms with Crippen LogP contribution in [-0.2, 0) is 9.53 Å². The molecule has 0 spiro atoms. The molecule has 8 heteroatoms. The van der Waals surface area contributed by atoms with E-state index in [1.807, 2.05) is 52.6 Å². The van der Waals surface area contributed by atoms with E-state index in [1.165, 1.54) is 0 Å². The van der Waals surface area contributed by atoms with Crippen LogP contribution in [0.15, 0.2) is 36.4 Å². The van der Waals surface area contributed by atoms with Gasteiger partial charge in [0.1, 0.15) is 12.1 Å². The Balaban J connectivity index is 0.000000604. The van der Waals surface area contributed by atoms with Gasteiger partial charge in [0.25, 0.3) is 0 Å². The van der Waals surface area contributed by atoms with E-state index in [0.29, 0.717) is 0 Å². The molecular weight excluding hydrogens is 290 g/mol. The van der Waals surface area contributed by atoms with Crippen LogP contribution in [0.5, 0.6) is 0 Å². The van der Waals surface area contributed by atoms with Gasteiger partial charge in [-0.2, -0.15) is 0 Å². The van der Waals surface area contributed by atoms with E-state index in [1.54, 1.807) is 20.8 Å². The maximum absolute atomic E-state index is 11.0. The van der Waals surface area contributed by atoms with Gasteiger partial charge in [0.15, 0.2) is 0 Å². The summed E-state index contributed by atoms with van der Waals surface area (Å²) in [5.74, 6) is -1.19. The Labute approximate surface area is 128 Å². The number of carboxylic acid groups (broad SMARTS) is 1. The van der Waals surface area contributed by atoms with Gasteiger partial charge in [0.2, 0.25) is 0 Å². The number of amides is 3. The van der Waals surface area contributed by atoms with E-state index in [4.69, 9.17) is 9.84 Å². The minimum atomic E-state index is -1.19. The standard InChI is InChI=1S/C8H15N3O5.C6H6/c1-8(2,3)16-7(15)11-10-6(14)9-4-5(12)13;1-2-4-6-5-3-1/h4H2,1-3H3,(H,11,15)(H,12,13)(H2,9,10,14);1-6H. The van der Waals surface area contributed by atoms with Crippen LogP contribution in [-0.4, -0.2) is 35.3 Å². The lowest BCUT2D eigenvalue weighted by Crippen LogP contribution is -2.49. The molecule has 0 aliphatic heterocycles. The zero-order chi connectivity index (χ0) is 17.0. The molecular formula is C14H21N3O5. The molecule has 22 heavy (non-hydrogen) atoms. The number of carboxylic acids is 1. The average molecular weight is 311 g/mol. The van der Waals surface area contributed by atoms with E-state index in [0.717, 1.165) is 0 Å². The highest BCUT2D eigenvalue weighted by Gasteiger charge is 2.16. The molecule has 0 saturated heterocycles. The van der Waals surface area contributed by atoms with Crippen LogP contribution in [0.2, 0.25) is 0 Å². The molecule has 0 aromatic heterocycles. The second-order valence-corrected chi connectivity index (χ2v) is 4.98. The van der Waals surface area contributed by atoms with Gasteiger partial charge in [0, 0.05) is 0 Å². The van der Waals surface area contributed by atoms with E-state index < -0.39 is 30.2 Å². The first kappa shape index (κ1) is 19.2. The van der Waals surface area contributed by atoms with Gasteiger partial charge in [-0.1, -0.05) is 36.4 Å². The lowest BCUT2D eigenvalue weighted by atomic mass is 10.2. The summed E-state index contributed by atoms with van der Waals surface area (Å²) in [6.07, 6.45) is -0.835. The number of nitrogens with one attached hydrogen (secondary N) is 3. The molecule has 0 atom stereocenters. The highest BCUT2D eigenvalue weighted by molar-refractivity contribution is 5.81. The van der Waals surface area contributed by atoms with E-state index in [-0.39, 0.29) is 0 Å². The van der Waals surface area contributed by atoms with E-state index in [2.05, 4.69) is 0 Å². The van der Waals surface area contributed by atoms with E-state index >= 15 is 0 Å². The zero-order valence-corrected chi connectivity index (χ0v) is 12.8. The Morgan fingerprint density at radius 1 is 0.955 bits per heavy atom. The molecule has 8 nitrogen and oxygen atoms in total. The fraction of sp³-hybridized carbons (Fsp3) is 0.357. The predicted octanol–water partition coefficient (Wildman–Crippen LogP) is 1.50. The van der Waals surface area contributed by atoms with Gasteiger partial charge in [0.05, 0.1) is 0 Å². The van der Waals surface area contributed by atoms with Gasteiger partial charge < -0.3 is 15.2 Å². The van der Waals surface area contributed by atoms with Crippen molar-refractivity contribution in [3.05, 3.63) is 36.4 Å². The lowest BCUT2D eigenvalue weighted by Gasteiger charge is -2.19. The minimum absolute atomic E-state index is 0.540. The van der Waals surface area contributed by atoms with Crippen LogP contribution in [0, 0.1) is 0 Å². The maximum Gasteiger partial charge on any atom is 0.426 e. The Morgan fingerprint density at radius 2 is 1.41 bits per heavy atom. The fourth-order valence-electron chi connectivity index (χ4n) is 0.996. The van der Waals surface area contributed by atoms with Crippen molar-refractivity contribution < 1.29 is 24.2 Å².